The van der Waals surface area contributed by atoms with E-state index in [0.29, 0.717) is 11.4 Å². The third-order valence-electron chi connectivity index (χ3n) is 4.07. The van der Waals surface area contributed by atoms with Crippen molar-refractivity contribution in [2.75, 3.05) is 17.7 Å². The second-order valence-electron chi connectivity index (χ2n) is 6.31. The van der Waals surface area contributed by atoms with Gasteiger partial charge < -0.3 is 10.1 Å². The van der Waals surface area contributed by atoms with Crippen molar-refractivity contribution >= 4 is 46.1 Å². The molecule has 8 heteroatoms. The number of nitrogens with one attached hydrogen (secondary N) is 1. The molecule has 7 nitrogen and oxygen atoms in total. The fourth-order valence-corrected chi connectivity index (χ4v) is 3.59. The predicted octanol–water partition coefficient (Wildman–Crippen LogP) is 3.87. The van der Waals surface area contributed by atoms with Crippen molar-refractivity contribution in [3.8, 4) is 0 Å². The number of ether oxygens (including phenoxy) is 1. The van der Waals surface area contributed by atoms with E-state index in [2.05, 4.69) is 22.2 Å². The van der Waals surface area contributed by atoms with Gasteiger partial charge in [-0.3, -0.25) is 9.59 Å². The van der Waals surface area contributed by atoms with Crippen molar-refractivity contribution in [3.05, 3.63) is 29.8 Å². The Morgan fingerprint density at radius 3 is 2.54 bits per heavy atom. The van der Waals surface area contributed by atoms with Crippen LogP contribution in [-0.4, -0.2) is 41.0 Å². The molecule has 1 aromatic carbocycles. The maximum absolute atomic E-state index is 12.3. The minimum absolute atomic E-state index is 0.0207. The van der Waals surface area contributed by atoms with Gasteiger partial charge in [0.2, 0.25) is 5.91 Å². The summed E-state index contributed by atoms with van der Waals surface area (Å²) in [5.74, 6) is -1.59. The summed E-state index contributed by atoms with van der Waals surface area (Å²) >= 11 is 1.04. The highest BCUT2D eigenvalue weighted by Gasteiger charge is 2.33. The highest BCUT2D eigenvalue weighted by Crippen LogP contribution is 2.22. The third-order valence-corrected chi connectivity index (χ3v) is 5.10. The van der Waals surface area contributed by atoms with Crippen molar-refractivity contribution in [1.29, 1.82) is 0 Å². The average molecular weight is 404 g/mol. The number of nitrogens with zero attached hydrogens (tertiary/aromatic N) is 2. The normalized spacial score (nSPS) is 16.2. The Morgan fingerprint density at radius 1 is 1.18 bits per heavy atom. The number of unbranched alkanes of at least 4 members (excludes halogenated alkanes) is 1. The zero-order valence-corrected chi connectivity index (χ0v) is 17.2. The number of carbonyl (C=O) groups is 3. The summed E-state index contributed by atoms with van der Waals surface area (Å²) in [6.45, 7) is 5.64. The van der Waals surface area contributed by atoms with E-state index in [1.54, 1.807) is 13.8 Å². The number of amides is 3. The number of carbonyl (C=O) groups excluding carboxylic acids is 3. The van der Waals surface area contributed by atoms with Crippen LogP contribution in [0.2, 0.25) is 0 Å². The molecule has 0 fully saturated rings. The fourth-order valence-electron chi connectivity index (χ4n) is 2.66. The highest BCUT2D eigenvalue weighted by molar-refractivity contribution is 8.14. The molecule has 0 saturated heterocycles. The molecule has 1 atom stereocenters. The van der Waals surface area contributed by atoms with Crippen LogP contribution in [0.4, 0.5) is 10.5 Å². The van der Waals surface area contributed by atoms with E-state index in [9.17, 15) is 14.4 Å². The second kappa shape index (κ2) is 10.8. The number of benzene rings is 1. The van der Waals surface area contributed by atoms with Gasteiger partial charge in [-0.25, -0.2) is 4.79 Å². The number of hydrogen-bond donors (Lipinski definition) is 1. The van der Waals surface area contributed by atoms with E-state index in [1.165, 1.54) is 5.56 Å². The van der Waals surface area contributed by atoms with Crippen LogP contribution >= 0.6 is 11.8 Å². The van der Waals surface area contributed by atoms with Gasteiger partial charge in [0.25, 0.3) is 0 Å². The summed E-state index contributed by atoms with van der Waals surface area (Å²) in [6.07, 6.45) is 3.29. The Hall–Kier alpha value is -2.48. The molecule has 1 unspecified atom stereocenters. The first-order valence-corrected chi connectivity index (χ1v) is 10.3. The summed E-state index contributed by atoms with van der Waals surface area (Å²) in [4.78, 5) is 43.6. The van der Waals surface area contributed by atoms with Crippen LogP contribution in [0.25, 0.3) is 0 Å². The van der Waals surface area contributed by atoms with E-state index in [4.69, 9.17) is 4.74 Å². The highest BCUT2D eigenvalue weighted by atomic mass is 32.2. The Morgan fingerprint density at radius 2 is 1.89 bits per heavy atom. The van der Waals surface area contributed by atoms with Gasteiger partial charge >= 0.3 is 12.0 Å². The fraction of sp³-hybridized carbons (Fsp3) is 0.450. The number of aliphatic imine (C=N–C) groups is 2. The van der Waals surface area contributed by atoms with E-state index < -0.39 is 17.9 Å². The molecule has 3 amide bonds. The molecule has 0 saturated carbocycles. The van der Waals surface area contributed by atoms with Crippen molar-refractivity contribution in [3.63, 3.8) is 0 Å². The SMILES string of the molecule is CCCCc1ccc(NC(=O)CSC2=NC(=O)N=C(C)C2C(=O)OCC)cc1. The zero-order chi connectivity index (χ0) is 20.5. The van der Waals surface area contributed by atoms with Crippen molar-refractivity contribution < 1.29 is 19.1 Å². The molecule has 1 aliphatic heterocycles. The number of thioether (sulfide) groups is 1. The van der Waals surface area contributed by atoms with Crippen molar-refractivity contribution in [2.24, 2.45) is 15.9 Å². The van der Waals surface area contributed by atoms with Gasteiger partial charge in [0.05, 0.1) is 17.4 Å². The Bertz CT molecular complexity index is 787. The van der Waals surface area contributed by atoms with E-state index in [1.807, 2.05) is 24.3 Å². The molecule has 1 N–H and O–H groups in total. The first-order valence-electron chi connectivity index (χ1n) is 9.30. The largest absolute Gasteiger partial charge is 0.465 e. The van der Waals surface area contributed by atoms with Crippen LogP contribution < -0.4 is 5.32 Å². The van der Waals surface area contributed by atoms with Gasteiger partial charge in [-0.2, -0.15) is 9.98 Å². The standard InChI is InChI=1S/C20H25N3O4S/c1-4-6-7-14-8-10-15(11-9-14)22-16(24)12-28-18-17(19(25)27-5-2)13(3)21-20(26)23-18/h8-11,17H,4-7,12H2,1-3H3,(H,22,24). The van der Waals surface area contributed by atoms with Crippen molar-refractivity contribution in [2.45, 2.75) is 40.0 Å². The molecule has 0 aromatic heterocycles. The molecule has 1 aliphatic rings. The molecule has 1 heterocycles. The van der Waals surface area contributed by atoms with Crippen LogP contribution in [0.15, 0.2) is 34.3 Å². The zero-order valence-electron chi connectivity index (χ0n) is 16.4. The van der Waals surface area contributed by atoms with Crippen LogP contribution in [-0.2, 0) is 20.7 Å². The number of anilines is 1. The molecular weight excluding hydrogens is 378 g/mol. The lowest BCUT2D eigenvalue weighted by molar-refractivity contribution is -0.143. The van der Waals surface area contributed by atoms with Gasteiger partial charge in [0.1, 0.15) is 5.92 Å². The topological polar surface area (TPSA) is 97.2 Å². The molecule has 28 heavy (non-hydrogen) atoms. The first kappa shape index (κ1) is 21.8. The molecule has 1 aromatic rings. The van der Waals surface area contributed by atoms with Crippen LogP contribution in [0.5, 0.6) is 0 Å². The molecule has 0 spiro atoms. The third kappa shape index (κ3) is 6.30. The summed E-state index contributed by atoms with van der Waals surface area (Å²) in [6, 6.07) is 7.06. The Labute approximate surface area is 169 Å². The van der Waals surface area contributed by atoms with Crippen molar-refractivity contribution in [1.82, 2.24) is 0 Å². The minimum atomic E-state index is -0.840. The maximum atomic E-state index is 12.3. The Kier molecular flexibility index (Phi) is 8.38. The van der Waals surface area contributed by atoms with E-state index in [-0.39, 0.29) is 23.3 Å². The lowest BCUT2D eigenvalue weighted by Crippen LogP contribution is -2.34. The van der Waals surface area contributed by atoms with Crippen LogP contribution in [0.3, 0.4) is 0 Å². The minimum Gasteiger partial charge on any atom is -0.465 e. The lowest BCUT2D eigenvalue weighted by atomic mass is 10.1. The molecule has 0 radical (unpaired) electrons. The first-order chi connectivity index (χ1) is 13.4. The Balaban J connectivity index is 1.94. The number of urea groups is 1. The van der Waals surface area contributed by atoms with Gasteiger partial charge in [-0.1, -0.05) is 37.2 Å². The summed E-state index contributed by atoms with van der Waals surface area (Å²) in [5, 5.41) is 3.05. The quantitative estimate of drug-likeness (QED) is 0.665. The average Bonchev–Trinajstić information content (AvgIpc) is 2.65. The van der Waals surface area contributed by atoms with E-state index >= 15 is 0 Å². The summed E-state index contributed by atoms with van der Waals surface area (Å²) < 4.78 is 5.03. The van der Waals surface area contributed by atoms with Gasteiger partial charge in [-0.15, -0.1) is 0 Å². The monoisotopic (exact) mass is 403 g/mol. The van der Waals surface area contributed by atoms with Gasteiger partial charge in [0, 0.05) is 11.4 Å². The smallest absolute Gasteiger partial charge is 0.367 e. The predicted molar refractivity (Wildman–Crippen MR) is 112 cm³/mol. The van der Waals surface area contributed by atoms with Gasteiger partial charge in [-0.05, 0) is 44.4 Å². The molecule has 0 aliphatic carbocycles. The molecular formula is C20H25N3O4S. The number of hydrogen-bond acceptors (Lipinski definition) is 5. The molecule has 0 bridgehead atoms. The number of rotatable bonds is 8. The van der Waals surface area contributed by atoms with Crippen LogP contribution in [0.1, 0.15) is 39.2 Å². The second-order valence-corrected chi connectivity index (χ2v) is 7.30. The lowest BCUT2D eigenvalue weighted by Gasteiger charge is -2.19. The maximum Gasteiger partial charge on any atom is 0.367 e. The van der Waals surface area contributed by atoms with E-state index in [0.717, 1.165) is 31.0 Å². The van der Waals surface area contributed by atoms with Gasteiger partial charge in [0.15, 0.2) is 0 Å². The number of esters is 1. The summed E-state index contributed by atoms with van der Waals surface area (Å²) in [5.41, 5.74) is 2.26. The molecule has 2 rings (SSSR count). The number of aryl methyl sites for hydroxylation is 1. The molecule has 150 valence electrons. The van der Waals surface area contributed by atoms with Crippen LogP contribution in [0, 0.1) is 5.92 Å². The summed E-state index contributed by atoms with van der Waals surface area (Å²) in [7, 11) is 0.